The molecule has 3 aromatic rings. The highest BCUT2D eigenvalue weighted by molar-refractivity contribution is 7.89. The van der Waals surface area contributed by atoms with E-state index in [9.17, 15) is 8.42 Å². The van der Waals surface area contributed by atoms with Crippen molar-refractivity contribution in [3.63, 3.8) is 0 Å². The van der Waals surface area contributed by atoms with Crippen molar-refractivity contribution in [2.24, 2.45) is 0 Å². The Kier molecular flexibility index (Phi) is 4.71. The maximum Gasteiger partial charge on any atom is 0.241 e. The highest BCUT2D eigenvalue weighted by Gasteiger charge is 2.18. The van der Waals surface area contributed by atoms with Gasteiger partial charge in [-0.15, -0.1) is 0 Å². The van der Waals surface area contributed by atoms with E-state index in [0.717, 1.165) is 11.3 Å². The lowest BCUT2D eigenvalue weighted by Gasteiger charge is -2.15. The first-order valence-corrected chi connectivity index (χ1v) is 9.18. The lowest BCUT2D eigenvalue weighted by molar-refractivity contribution is 0.567. The normalized spacial score (nSPS) is 12.9. The van der Waals surface area contributed by atoms with Crippen LogP contribution in [0.1, 0.15) is 18.5 Å². The van der Waals surface area contributed by atoms with Crippen LogP contribution >= 0.6 is 11.6 Å². The van der Waals surface area contributed by atoms with Crippen LogP contribution in [0.3, 0.4) is 0 Å². The van der Waals surface area contributed by atoms with Crippen LogP contribution in [0.4, 0.5) is 0 Å². The third kappa shape index (κ3) is 3.67. The summed E-state index contributed by atoms with van der Waals surface area (Å²) in [5.74, 6) is 0. The number of imidazole rings is 1. The zero-order valence-electron chi connectivity index (χ0n) is 12.9. The Labute approximate surface area is 146 Å². The Morgan fingerprint density at radius 2 is 1.75 bits per heavy atom. The zero-order valence-corrected chi connectivity index (χ0v) is 14.5. The number of benzene rings is 2. The number of aromatic nitrogens is 2. The highest BCUT2D eigenvalue weighted by atomic mass is 35.5. The molecule has 3 rings (SSSR count). The topological polar surface area (TPSA) is 64.0 Å². The van der Waals surface area contributed by atoms with E-state index in [-0.39, 0.29) is 10.9 Å². The van der Waals surface area contributed by atoms with Gasteiger partial charge in [0.2, 0.25) is 10.0 Å². The molecular formula is C17H16ClN3O2S. The molecule has 1 N–H and O–H groups in total. The number of nitrogens with one attached hydrogen (secondary N) is 1. The van der Waals surface area contributed by atoms with Crippen molar-refractivity contribution in [2.45, 2.75) is 17.9 Å². The predicted molar refractivity (Wildman–Crippen MR) is 93.8 cm³/mol. The van der Waals surface area contributed by atoms with Crippen molar-refractivity contribution in [1.29, 1.82) is 0 Å². The Bertz CT molecular complexity index is 905. The molecule has 0 aliphatic carbocycles. The molecule has 24 heavy (non-hydrogen) atoms. The van der Waals surface area contributed by atoms with Crippen LogP contribution in [0.25, 0.3) is 5.69 Å². The fourth-order valence-electron chi connectivity index (χ4n) is 2.33. The summed E-state index contributed by atoms with van der Waals surface area (Å²) in [6.45, 7) is 1.81. The molecule has 0 amide bonds. The number of nitrogens with zero attached hydrogens (tertiary/aromatic N) is 2. The molecule has 0 aliphatic heterocycles. The maximum absolute atomic E-state index is 12.4. The van der Waals surface area contributed by atoms with E-state index in [1.807, 2.05) is 35.0 Å². The quantitative estimate of drug-likeness (QED) is 0.755. The van der Waals surface area contributed by atoms with E-state index in [4.69, 9.17) is 11.6 Å². The van der Waals surface area contributed by atoms with E-state index in [2.05, 4.69) is 9.71 Å². The summed E-state index contributed by atoms with van der Waals surface area (Å²) in [4.78, 5) is 4.19. The first-order chi connectivity index (χ1) is 11.5. The van der Waals surface area contributed by atoms with Gasteiger partial charge in [0.1, 0.15) is 0 Å². The molecule has 0 bridgehead atoms. The lowest BCUT2D eigenvalue weighted by Crippen LogP contribution is -2.26. The van der Waals surface area contributed by atoms with Crippen LogP contribution in [0.15, 0.2) is 72.1 Å². The summed E-state index contributed by atoms with van der Waals surface area (Å²) in [6, 6.07) is 13.4. The molecule has 1 aromatic heterocycles. The summed E-state index contributed by atoms with van der Waals surface area (Å²) in [6.07, 6.45) is 5.26. The smallest absolute Gasteiger partial charge is 0.241 e. The first-order valence-electron chi connectivity index (χ1n) is 7.32. The van der Waals surface area contributed by atoms with Crippen molar-refractivity contribution in [3.05, 3.63) is 77.8 Å². The molecule has 0 radical (unpaired) electrons. The second-order valence-electron chi connectivity index (χ2n) is 5.36. The third-order valence-electron chi connectivity index (χ3n) is 3.65. The summed E-state index contributed by atoms with van der Waals surface area (Å²) < 4.78 is 29.4. The molecule has 0 fully saturated rings. The van der Waals surface area contributed by atoms with Crippen LogP contribution < -0.4 is 4.72 Å². The minimum atomic E-state index is -3.60. The molecule has 5 nitrogen and oxygen atoms in total. The number of rotatable bonds is 5. The molecule has 1 atom stereocenters. The number of sulfonamides is 1. The summed E-state index contributed by atoms with van der Waals surface area (Å²) >= 11 is 5.80. The molecule has 0 spiro atoms. The SMILES string of the molecule is C[C@H](NS(=O)(=O)c1ccc(Cl)cc1)c1ccc(-n2ccnc2)cc1. The minimum Gasteiger partial charge on any atom is -0.306 e. The molecule has 0 unspecified atom stereocenters. The fraction of sp³-hybridized carbons (Fsp3) is 0.118. The van der Waals surface area contributed by atoms with Crippen LogP contribution in [0.5, 0.6) is 0 Å². The molecule has 2 aromatic carbocycles. The van der Waals surface area contributed by atoms with Crippen molar-refractivity contribution >= 4 is 21.6 Å². The summed E-state index contributed by atoms with van der Waals surface area (Å²) in [5, 5.41) is 0.497. The average molecular weight is 362 g/mol. The Morgan fingerprint density at radius 3 is 2.33 bits per heavy atom. The van der Waals surface area contributed by atoms with Gasteiger partial charge in [-0.2, -0.15) is 0 Å². The first kappa shape index (κ1) is 16.7. The van der Waals surface area contributed by atoms with E-state index >= 15 is 0 Å². The van der Waals surface area contributed by atoms with Crippen LogP contribution in [-0.4, -0.2) is 18.0 Å². The van der Waals surface area contributed by atoms with Crippen molar-refractivity contribution in [3.8, 4) is 5.69 Å². The number of halogens is 1. The lowest BCUT2D eigenvalue weighted by atomic mass is 10.1. The van der Waals surface area contributed by atoms with Crippen molar-refractivity contribution in [1.82, 2.24) is 14.3 Å². The highest BCUT2D eigenvalue weighted by Crippen LogP contribution is 2.20. The van der Waals surface area contributed by atoms with E-state index in [1.54, 1.807) is 31.6 Å². The minimum absolute atomic E-state index is 0.189. The number of hydrogen-bond acceptors (Lipinski definition) is 3. The molecule has 1 heterocycles. The molecule has 0 aliphatic rings. The van der Waals surface area contributed by atoms with E-state index in [1.165, 1.54) is 12.1 Å². The second-order valence-corrected chi connectivity index (χ2v) is 7.51. The van der Waals surface area contributed by atoms with E-state index < -0.39 is 10.0 Å². The van der Waals surface area contributed by atoms with Gasteiger partial charge in [0.25, 0.3) is 0 Å². The second kappa shape index (κ2) is 6.76. The van der Waals surface area contributed by atoms with Gasteiger partial charge >= 0.3 is 0 Å². The van der Waals surface area contributed by atoms with Gasteiger partial charge in [-0.25, -0.2) is 18.1 Å². The molecule has 124 valence electrons. The van der Waals surface area contributed by atoms with Crippen molar-refractivity contribution in [2.75, 3.05) is 0 Å². The molecular weight excluding hydrogens is 346 g/mol. The third-order valence-corrected chi connectivity index (χ3v) is 5.46. The monoisotopic (exact) mass is 361 g/mol. The average Bonchev–Trinajstić information content (AvgIpc) is 3.09. The van der Waals surface area contributed by atoms with Gasteiger partial charge in [0, 0.05) is 29.1 Å². The summed E-state index contributed by atoms with van der Waals surface area (Å²) in [7, 11) is -3.60. The van der Waals surface area contributed by atoms with Gasteiger partial charge in [-0.3, -0.25) is 0 Å². The Balaban J connectivity index is 1.76. The molecule has 0 saturated heterocycles. The standard InChI is InChI=1S/C17H16ClN3O2S/c1-13(20-24(22,23)17-8-4-15(18)5-9-17)14-2-6-16(7-3-14)21-11-10-19-12-21/h2-13,20H,1H3/t13-/m0/s1. The maximum atomic E-state index is 12.4. The zero-order chi connectivity index (χ0) is 17.2. The fourth-order valence-corrected chi connectivity index (χ4v) is 3.69. The molecule has 0 saturated carbocycles. The van der Waals surface area contributed by atoms with Crippen LogP contribution in [-0.2, 0) is 10.0 Å². The van der Waals surface area contributed by atoms with Gasteiger partial charge in [-0.05, 0) is 48.9 Å². The van der Waals surface area contributed by atoms with E-state index in [0.29, 0.717) is 5.02 Å². The van der Waals surface area contributed by atoms with Gasteiger partial charge in [0.15, 0.2) is 0 Å². The number of hydrogen-bond donors (Lipinski definition) is 1. The van der Waals surface area contributed by atoms with Crippen LogP contribution in [0.2, 0.25) is 5.02 Å². The van der Waals surface area contributed by atoms with Crippen molar-refractivity contribution < 1.29 is 8.42 Å². The van der Waals surface area contributed by atoms with Gasteiger partial charge in [0.05, 0.1) is 11.2 Å². The molecule has 7 heteroatoms. The summed E-state index contributed by atoms with van der Waals surface area (Å²) in [5.41, 5.74) is 1.83. The largest absolute Gasteiger partial charge is 0.306 e. The predicted octanol–water partition coefficient (Wildman–Crippen LogP) is 3.57. The van der Waals surface area contributed by atoms with Crippen LogP contribution in [0, 0.1) is 0 Å². The van der Waals surface area contributed by atoms with Gasteiger partial charge < -0.3 is 4.57 Å². The van der Waals surface area contributed by atoms with Gasteiger partial charge in [-0.1, -0.05) is 23.7 Å². The Morgan fingerprint density at radius 1 is 1.08 bits per heavy atom. The Hall–Kier alpha value is -2.15.